The number of fused-ring (bicyclic) bond motifs is 1. The summed E-state index contributed by atoms with van der Waals surface area (Å²) in [5.74, 6) is -0.118. The molecule has 0 aromatic heterocycles. The van der Waals surface area contributed by atoms with E-state index in [1.807, 2.05) is 30.3 Å². The van der Waals surface area contributed by atoms with Gasteiger partial charge in [0, 0.05) is 13.0 Å². The fourth-order valence-corrected chi connectivity index (χ4v) is 2.95. The van der Waals surface area contributed by atoms with Gasteiger partial charge in [0.15, 0.2) is 0 Å². The largest absolute Gasteiger partial charge is 0.509 e. The van der Waals surface area contributed by atoms with Crippen molar-refractivity contribution in [3.05, 3.63) is 41.7 Å². The molecule has 1 saturated heterocycles. The SMILES string of the molecule is C[C@@]12C[C@@H](O)CN1C(=O)C(c1ccccc1)=C2O. The Labute approximate surface area is 105 Å². The van der Waals surface area contributed by atoms with Gasteiger partial charge in [-0.2, -0.15) is 0 Å². The first kappa shape index (κ1) is 11.3. The summed E-state index contributed by atoms with van der Waals surface area (Å²) in [5, 5.41) is 20.0. The Morgan fingerprint density at radius 1 is 1.33 bits per heavy atom. The van der Waals surface area contributed by atoms with E-state index < -0.39 is 11.6 Å². The van der Waals surface area contributed by atoms with Crippen molar-refractivity contribution in [3.8, 4) is 0 Å². The van der Waals surface area contributed by atoms with Crippen LogP contribution in [0.4, 0.5) is 0 Å². The number of aliphatic hydroxyl groups is 2. The van der Waals surface area contributed by atoms with Crippen molar-refractivity contribution in [1.29, 1.82) is 0 Å². The molecule has 0 bridgehead atoms. The monoisotopic (exact) mass is 245 g/mol. The molecule has 0 unspecified atom stereocenters. The molecule has 3 rings (SSSR count). The third-order valence-corrected chi connectivity index (χ3v) is 3.89. The lowest BCUT2D eigenvalue weighted by Gasteiger charge is -2.27. The number of nitrogens with zero attached hydrogens (tertiary/aromatic N) is 1. The van der Waals surface area contributed by atoms with Crippen molar-refractivity contribution in [2.45, 2.75) is 25.0 Å². The van der Waals surface area contributed by atoms with Crippen LogP contribution in [-0.2, 0) is 4.79 Å². The number of amides is 1. The lowest BCUT2D eigenvalue weighted by Crippen LogP contribution is -2.40. The van der Waals surface area contributed by atoms with Crippen LogP contribution in [0.2, 0.25) is 0 Å². The highest BCUT2D eigenvalue weighted by Gasteiger charge is 2.54. The topological polar surface area (TPSA) is 60.8 Å². The second-order valence-corrected chi connectivity index (χ2v) is 5.14. The van der Waals surface area contributed by atoms with Crippen LogP contribution in [-0.4, -0.2) is 39.2 Å². The van der Waals surface area contributed by atoms with Crippen LogP contribution in [0.5, 0.6) is 0 Å². The number of carbonyl (C=O) groups is 1. The third kappa shape index (κ3) is 1.32. The molecule has 1 fully saturated rings. The number of hydrogen-bond acceptors (Lipinski definition) is 3. The van der Waals surface area contributed by atoms with Crippen molar-refractivity contribution in [2.24, 2.45) is 0 Å². The zero-order chi connectivity index (χ0) is 12.9. The molecular weight excluding hydrogens is 230 g/mol. The normalized spacial score (nSPS) is 31.1. The molecule has 1 aromatic carbocycles. The summed E-state index contributed by atoms with van der Waals surface area (Å²) in [4.78, 5) is 13.9. The van der Waals surface area contributed by atoms with E-state index in [0.29, 0.717) is 12.0 Å². The van der Waals surface area contributed by atoms with Gasteiger partial charge in [-0.15, -0.1) is 0 Å². The number of hydrogen-bond donors (Lipinski definition) is 2. The van der Waals surface area contributed by atoms with Crippen molar-refractivity contribution in [3.63, 3.8) is 0 Å². The maximum absolute atomic E-state index is 12.3. The highest BCUT2D eigenvalue weighted by Crippen LogP contribution is 2.44. The van der Waals surface area contributed by atoms with Crippen LogP contribution < -0.4 is 0 Å². The first-order chi connectivity index (χ1) is 8.54. The first-order valence-corrected chi connectivity index (χ1v) is 6.03. The fourth-order valence-electron chi connectivity index (χ4n) is 2.95. The van der Waals surface area contributed by atoms with Crippen LogP contribution in [0.15, 0.2) is 36.1 Å². The molecule has 2 N–H and O–H groups in total. The van der Waals surface area contributed by atoms with Gasteiger partial charge < -0.3 is 15.1 Å². The molecule has 94 valence electrons. The Hall–Kier alpha value is -1.81. The number of benzene rings is 1. The van der Waals surface area contributed by atoms with Crippen LogP contribution in [0.1, 0.15) is 18.9 Å². The minimum absolute atomic E-state index is 0.0789. The van der Waals surface area contributed by atoms with E-state index in [2.05, 4.69) is 0 Å². The summed E-state index contributed by atoms with van der Waals surface area (Å²) in [5.41, 5.74) is 0.344. The predicted octanol–water partition coefficient (Wildman–Crippen LogP) is 1.32. The molecule has 0 aliphatic carbocycles. The maximum Gasteiger partial charge on any atom is 0.258 e. The van der Waals surface area contributed by atoms with E-state index in [0.717, 1.165) is 5.56 Å². The summed E-state index contributed by atoms with van der Waals surface area (Å²) in [6.45, 7) is 2.09. The molecule has 2 aliphatic heterocycles. The average molecular weight is 245 g/mol. The minimum atomic E-state index is -0.748. The summed E-state index contributed by atoms with van der Waals surface area (Å²) in [6.07, 6.45) is -0.167. The van der Waals surface area contributed by atoms with Gasteiger partial charge >= 0.3 is 0 Å². The zero-order valence-corrected chi connectivity index (χ0v) is 10.1. The standard InChI is InChI=1S/C14H15NO3/c1-14-7-10(16)8-15(14)13(18)11(12(14)17)9-5-3-2-4-6-9/h2-6,10,16-17H,7-8H2,1H3/t10-,14+/m1/s1. The number of β-amino-alcohol motifs (C(OH)–C–C–N with tert-alkyl or cyclic N) is 1. The summed E-state index contributed by atoms with van der Waals surface area (Å²) >= 11 is 0. The minimum Gasteiger partial charge on any atom is -0.509 e. The smallest absolute Gasteiger partial charge is 0.258 e. The Bertz CT molecular complexity index is 537. The molecule has 4 heteroatoms. The molecule has 4 nitrogen and oxygen atoms in total. The average Bonchev–Trinajstić information content (AvgIpc) is 2.74. The van der Waals surface area contributed by atoms with Crippen LogP contribution in [0, 0.1) is 0 Å². The molecule has 0 saturated carbocycles. The molecular formula is C14H15NO3. The van der Waals surface area contributed by atoms with E-state index in [4.69, 9.17) is 0 Å². The maximum atomic E-state index is 12.3. The lowest BCUT2D eigenvalue weighted by molar-refractivity contribution is -0.126. The van der Waals surface area contributed by atoms with Crippen LogP contribution in [0.25, 0.3) is 5.57 Å². The zero-order valence-electron chi connectivity index (χ0n) is 10.1. The Balaban J connectivity index is 2.12. The third-order valence-electron chi connectivity index (χ3n) is 3.89. The highest BCUT2D eigenvalue weighted by molar-refractivity contribution is 6.23. The Kier molecular flexibility index (Phi) is 2.25. The van der Waals surface area contributed by atoms with E-state index in [1.165, 1.54) is 0 Å². The van der Waals surface area contributed by atoms with Crippen molar-refractivity contribution < 1.29 is 15.0 Å². The van der Waals surface area contributed by atoms with Gasteiger partial charge in [-0.05, 0) is 12.5 Å². The number of rotatable bonds is 1. The molecule has 2 aliphatic rings. The molecule has 1 aromatic rings. The molecule has 0 radical (unpaired) electrons. The summed E-state index contributed by atoms with van der Waals surface area (Å²) in [6, 6.07) is 9.16. The van der Waals surface area contributed by atoms with E-state index in [1.54, 1.807) is 11.8 Å². The predicted molar refractivity (Wildman–Crippen MR) is 66.7 cm³/mol. The molecule has 2 atom stereocenters. The number of carbonyl (C=O) groups excluding carboxylic acids is 1. The van der Waals surface area contributed by atoms with E-state index in [-0.39, 0.29) is 18.2 Å². The van der Waals surface area contributed by atoms with Gasteiger partial charge in [-0.3, -0.25) is 4.79 Å². The van der Waals surface area contributed by atoms with Gasteiger partial charge in [0.05, 0.1) is 11.7 Å². The van der Waals surface area contributed by atoms with E-state index in [9.17, 15) is 15.0 Å². The first-order valence-electron chi connectivity index (χ1n) is 6.03. The van der Waals surface area contributed by atoms with Crippen LogP contribution in [0.3, 0.4) is 0 Å². The van der Waals surface area contributed by atoms with Crippen molar-refractivity contribution in [2.75, 3.05) is 6.54 Å². The van der Waals surface area contributed by atoms with Gasteiger partial charge in [0.2, 0.25) is 0 Å². The van der Waals surface area contributed by atoms with Crippen molar-refractivity contribution >= 4 is 11.5 Å². The fraction of sp³-hybridized carbons (Fsp3) is 0.357. The molecule has 0 spiro atoms. The lowest BCUT2D eigenvalue weighted by atomic mass is 9.94. The van der Waals surface area contributed by atoms with Gasteiger partial charge in [0.25, 0.3) is 5.91 Å². The van der Waals surface area contributed by atoms with Gasteiger partial charge in [0.1, 0.15) is 11.3 Å². The van der Waals surface area contributed by atoms with Crippen LogP contribution >= 0.6 is 0 Å². The quantitative estimate of drug-likeness (QED) is 0.784. The Morgan fingerprint density at radius 3 is 2.61 bits per heavy atom. The highest BCUT2D eigenvalue weighted by atomic mass is 16.3. The second-order valence-electron chi connectivity index (χ2n) is 5.14. The molecule has 18 heavy (non-hydrogen) atoms. The summed E-state index contributed by atoms with van der Waals surface area (Å²) < 4.78 is 0. The molecule has 1 amide bonds. The number of aliphatic hydroxyl groups excluding tert-OH is 2. The van der Waals surface area contributed by atoms with Gasteiger partial charge in [-0.25, -0.2) is 0 Å². The van der Waals surface area contributed by atoms with Crippen molar-refractivity contribution in [1.82, 2.24) is 4.90 Å². The second kappa shape index (κ2) is 3.59. The molecule has 2 heterocycles. The Morgan fingerprint density at radius 2 is 2.00 bits per heavy atom. The summed E-state index contributed by atoms with van der Waals surface area (Å²) in [7, 11) is 0. The van der Waals surface area contributed by atoms with Gasteiger partial charge in [-0.1, -0.05) is 30.3 Å². The van der Waals surface area contributed by atoms with E-state index >= 15 is 0 Å².